The summed E-state index contributed by atoms with van der Waals surface area (Å²) in [6.45, 7) is 4.44. The minimum absolute atomic E-state index is 0.0360. The van der Waals surface area contributed by atoms with Crippen molar-refractivity contribution >= 4 is 22.5 Å². The smallest absolute Gasteiger partial charge is 0.284 e. The van der Waals surface area contributed by atoms with Crippen LogP contribution in [0.3, 0.4) is 0 Å². The molecule has 1 amide bonds. The fourth-order valence-electron chi connectivity index (χ4n) is 4.24. The molecule has 0 unspecified atom stereocenters. The molecule has 0 bridgehead atoms. The highest BCUT2D eigenvalue weighted by molar-refractivity contribution is 6.11. The minimum Gasteiger partial charge on any atom is -0.319 e. The summed E-state index contributed by atoms with van der Waals surface area (Å²) in [5, 5.41) is 7.44. The van der Waals surface area contributed by atoms with E-state index in [1.165, 1.54) is 12.4 Å². The van der Waals surface area contributed by atoms with Crippen LogP contribution in [0, 0.1) is 11.8 Å². The highest BCUT2D eigenvalue weighted by Gasteiger charge is 2.28. The Morgan fingerprint density at radius 2 is 1.97 bits per heavy atom. The van der Waals surface area contributed by atoms with E-state index in [-0.39, 0.29) is 17.3 Å². The van der Waals surface area contributed by atoms with Crippen LogP contribution in [-0.4, -0.2) is 25.7 Å². The lowest BCUT2D eigenvalue weighted by molar-refractivity contribution is 0.102. The van der Waals surface area contributed by atoms with Gasteiger partial charge in [0.05, 0.1) is 22.8 Å². The highest BCUT2D eigenvalue weighted by Crippen LogP contribution is 2.37. The van der Waals surface area contributed by atoms with E-state index >= 15 is 0 Å². The molecule has 0 radical (unpaired) electrons. The average Bonchev–Trinajstić information content (AvgIpc) is 3.17. The molecule has 0 saturated heterocycles. The first-order valence-electron chi connectivity index (χ1n) is 10.3. The first-order valence-corrected chi connectivity index (χ1v) is 10.3. The van der Waals surface area contributed by atoms with Crippen LogP contribution in [0.15, 0.2) is 36.9 Å². The van der Waals surface area contributed by atoms with Crippen LogP contribution >= 0.6 is 0 Å². The van der Waals surface area contributed by atoms with Crippen molar-refractivity contribution in [2.45, 2.75) is 52.0 Å². The molecule has 0 spiro atoms. The number of carbonyl (C=O) groups is 1. The van der Waals surface area contributed by atoms with Crippen molar-refractivity contribution in [3.05, 3.63) is 48.2 Å². The number of nitrogens with one attached hydrogen (secondary N) is 1. The molecule has 0 atom stereocenters. The number of amides is 1. The van der Waals surface area contributed by atoms with Gasteiger partial charge in [-0.15, -0.1) is 0 Å². The number of anilines is 1. The van der Waals surface area contributed by atoms with Crippen molar-refractivity contribution < 1.29 is 13.6 Å². The highest BCUT2D eigenvalue weighted by atomic mass is 19.3. The summed E-state index contributed by atoms with van der Waals surface area (Å²) in [7, 11) is 0. The largest absolute Gasteiger partial charge is 0.319 e. The SMILES string of the molecule is CC(C)[C@H]1CC[C@H](n2cc(NC(=O)c3cncc4cccnc34)c(C(F)F)n2)CC1. The number of nitrogens with zero attached hydrogens (tertiary/aromatic N) is 4. The predicted molar refractivity (Wildman–Crippen MR) is 111 cm³/mol. The van der Waals surface area contributed by atoms with Crippen molar-refractivity contribution in [3.63, 3.8) is 0 Å². The standard InChI is InChI=1S/C22H25F2N5O/c1-13(2)14-5-7-16(8-6-14)29-12-18(20(28-29)21(23)24)27-22(30)17-11-25-10-15-4-3-9-26-19(15)17/h3-4,9-14,16,21H,5-8H2,1-2H3,(H,27,30)/t14-,16-. The van der Waals surface area contributed by atoms with Crippen LogP contribution < -0.4 is 5.32 Å². The molecule has 8 heteroatoms. The average molecular weight is 413 g/mol. The number of fused-ring (bicyclic) bond motifs is 1. The van der Waals surface area contributed by atoms with Gasteiger partial charge in [-0.25, -0.2) is 8.78 Å². The zero-order valence-electron chi connectivity index (χ0n) is 17.1. The number of halogens is 2. The first-order chi connectivity index (χ1) is 14.4. The van der Waals surface area contributed by atoms with E-state index in [2.05, 4.69) is 34.2 Å². The van der Waals surface area contributed by atoms with Gasteiger partial charge in [0, 0.05) is 30.2 Å². The summed E-state index contributed by atoms with van der Waals surface area (Å²) < 4.78 is 28.9. The van der Waals surface area contributed by atoms with Gasteiger partial charge < -0.3 is 5.32 Å². The second-order valence-electron chi connectivity index (χ2n) is 8.24. The molecule has 1 fully saturated rings. The van der Waals surface area contributed by atoms with Crippen molar-refractivity contribution in [2.24, 2.45) is 11.8 Å². The molecule has 3 aromatic heterocycles. The summed E-state index contributed by atoms with van der Waals surface area (Å²) >= 11 is 0. The Labute approximate surface area is 173 Å². The summed E-state index contributed by atoms with van der Waals surface area (Å²) in [6, 6.07) is 3.62. The quantitative estimate of drug-likeness (QED) is 0.608. The van der Waals surface area contributed by atoms with Crippen LogP contribution in [0.1, 0.15) is 68.0 Å². The van der Waals surface area contributed by atoms with E-state index < -0.39 is 18.0 Å². The van der Waals surface area contributed by atoms with Gasteiger partial charge in [-0.3, -0.25) is 19.4 Å². The monoisotopic (exact) mass is 413 g/mol. The van der Waals surface area contributed by atoms with Crippen molar-refractivity contribution in [2.75, 3.05) is 5.32 Å². The lowest BCUT2D eigenvalue weighted by Gasteiger charge is -2.30. The topological polar surface area (TPSA) is 72.7 Å². The molecule has 0 aliphatic heterocycles. The Kier molecular flexibility index (Phi) is 5.74. The van der Waals surface area contributed by atoms with E-state index in [1.807, 2.05) is 0 Å². The second kappa shape index (κ2) is 8.45. The van der Waals surface area contributed by atoms with E-state index in [1.54, 1.807) is 29.2 Å². The summed E-state index contributed by atoms with van der Waals surface area (Å²) in [4.78, 5) is 21.1. The number of hydrogen-bond donors (Lipinski definition) is 1. The molecule has 1 N–H and O–H groups in total. The Balaban J connectivity index is 1.57. The zero-order valence-corrected chi connectivity index (χ0v) is 17.1. The van der Waals surface area contributed by atoms with Gasteiger partial charge in [0.25, 0.3) is 12.3 Å². The van der Waals surface area contributed by atoms with Gasteiger partial charge in [0.15, 0.2) is 5.69 Å². The van der Waals surface area contributed by atoms with E-state index in [0.717, 1.165) is 25.7 Å². The van der Waals surface area contributed by atoms with Gasteiger partial charge in [-0.1, -0.05) is 13.8 Å². The normalized spacial score (nSPS) is 19.5. The molecule has 30 heavy (non-hydrogen) atoms. The van der Waals surface area contributed by atoms with E-state index in [0.29, 0.717) is 22.7 Å². The maximum Gasteiger partial charge on any atom is 0.284 e. The number of hydrogen-bond acceptors (Lipinski definition) is 4. The summed E-state index contributed by atoms with van der Waals surface area (Å²) in [5.74, 6) is 0.756. The fourth-order valence-corrected chi connectivity index (χ4v) is 4.24. The summed E-state index contributed by atoms with van der Waals surface area (Å²) in [6.07, 6.45) is 7.25. The first kappa shape index (κ1) is 20.4. The lowest BCUT2D eigenvalue weighted by atomic mass is 9.80. The number of carbonyl (C=O) groups excluding carboxylic acids is 1. The fraction of sp³-hybridized carbons (Fsp3) is 0.455. The number of rotatable bonds is 5. The molecule has 1 saturated carbocycles. The third-order valence-corrected chi connectivity index (χ3v) is 6.03. The molecule has 3 aromatic rings. The Morgan fingerprint density at radius 3 is 2.67 bits per heavy atom. The van der Waals surface area contributed by atoms with Crippen LogP contribution in [0.4, 0.5) is 14.5 Å². The number of aromatic nitrogens is 4. The maximum atomic E-state index is 13.6. The van der Waals surface area contributed by atoms with Gasteiger partial charge in [0.2, 0.25) is 0 Å². The van der Waals surface area contributed by atoms with Crippen molar-refractivity contribution in [3.8, 4) is 0 Å². The predicted octanol–water partition coefficient (Wildman–Crippen LogP) is 5.40. The minimum atomic E-state index is -2.78. The van der Waals surface area contributed by atoms with Gasteiger partial charge >= 0.3 is 0 Å². The Hall–Kier alpha value is -2.90. The van der Waals surface area contributed by atoms with Crippen LogP contribution in [-0.2, 0) is 0 Å². The molecule has 4 rings (SSSR count). The number of pyridine rings is 2. The van der Waals surface area contributed by atoms with Crippen LogP contribution in [0.25, 0.3) is 10.9 Å². The summed E-state index contributed by atoms with van der Waals surface area (Å²) in [5.41, 5.74) is 0.339. The third-order valence-electron chi connectivity index (χ3n) is 6.03. The van der Waals surface area contributed by atoms with Crippen LogP contribution in [0.5, 0.6) is 0 Å². The molecule has 1 aliphatic carbocycles. The molecule has 158 valence electrons. The Bertz CT molecular complexity index is 1040. The maximum absolute atomic E-state index is 13.6. The lowest BCUT2D eigenvalue weighted by Crippen LogP contribution is -2.21. The molecule has 3 heterocycles. The second-order valence-corrected chi connectivity index (χ2v) is 8.24. The van der Waals surface area contributed by atoms with Gasteiger partial charge in [-0.05, 0) is 49.7 Å². The van der Waals surface area contributed by atoms with Gasteiger partial charge in [0.1, 0.15) is 0 Å². The van der Waals surface area contributed by atoms with Crippen LogP contribution in [0.2, 0.25) is 0 Å². The molecular formula is C22H25F2N5O. The number of alkyl halides is 2. The molecule has 6 nitrogen and oxygen atoms in total. The van der Waals surface area contributed by atoms with E-state index in [4.69, 9.17) is 0 Å². The molecular weight excluding hydrogens is 388 g/mol. The van der Waals surface area contributed by atoms with E-state index in [9.17, 15) is 13.6 Å². The third kappa shape index (κ3) is 4.04. The molecule has 0 aromatic carbocycles. The van der Waals surface area contributed by atoms with Crippen molar-refractivity contribution in [1.29, 1.82) is 0 Å². The van der Waals surface area contributed by atoms with Gasteiger partial charge in [-0.2, -0.15) is 5.10 Å². The zero-order chi connectivity index (χ0) is 21.3. The molecule has 1 aliphatic rings. The van der Waals surface area contributed by atoms with Crippen molar-refractivity contribution in [1.82, 2.24) is 19.7 Å². The Morgan fingerprint density at radius 1 is 1.20 bits per heavy atom.